The standard InChI is InChI=1S/C13H19NO2/c14-8-7-11-3-5-12(6-4-11)16-10-13-2-1-9-15-13/h3-6,13H,1-2,7-10,14H2. The Balaban J connectivity index is 1.80. The van der Waals surface area contributed by atoms with Crippen molar-refractivity contribution in [2.75, 3.05) is 19.8 Å². The van der Waals surface area contributed by atoms with E-state index in [1.54, 1.807) is 0 Å². The Hall–Kier alpha value is -1.06. The van der Waals surface area contributed by atoms with Gasteiger partial charge in [-0.15, -0.1) is 0 Å². The van der Waals surface area contributed by atoms with E-state index in [2.05, 4.69) is 12.1 Å². The fraction of sp³-hybridized carbons (Fsp3) is 0.538. The van der Waals surface area contributed by atoms with Gasteiger partial charge in [-0.1, -0.05) is 12.1 Å². The predicted molar refractivity (Wildman–Crippen MR) is 63.7 cm³/mol. The molecule has 1 fully saturated rings. The molecule has 0 aliphatic carbocycles. The summed E-state index contributed by atoms with van der Waals surface area (Å²) in [5.74, 6) is 0.913. The first-order chi connectivity index (χ1) is 7.88. The van der Waals surface area contributed by atoms with Crippen LogP contribution in [-0.2, 0) is 11.2 Å². The number of ether oxygens (including phenoxy) is 2. The van der Waals surface area contributed by atoms with Crippen LogP contribution in [0.15, 0.2) is 24.3 Å². The van der Waals surface area contributed by atoms with Gasteiger partial charge in [0.15, 0.2) is 0 Å². The minimum atomic E-state index is 0.281. The zero-order valence-corrected chi connectivity index (χ0v) is 9.52. The van der Waals surface area contributed by atoms with E-state index < -0.39 is 0 Å². The summed E-state index contributed by atoms with van der Waals surface area (Å²) in [5, 5.41) is 0. The maximum absolute atomic E-state index is 5.67. The summed E-state index contributed by atoms with van der Waals surface area (Å²) in [6, 6.07) is 8.13. The van der Waals surface area contributed by atoms with Crippen LogP contribution in [0.3, 0.4) is 0 Å². The number of hydrogen-bond acceptors (Lipinski definition) is 3. The zero-order valence-electron chi connectivity index (χ0n) is 9.52. The largest absolute Gasteiger partial charge is 0.491 e. The molecule has 2 rings (SSSR count). The molecule has 3 heteroatoms. The molecule has 1 atom stereocenters. The molecule has 0 amide bonds. The first kappa shape index (κ1) is 11.4. The minimum Gasteiger partial charge on any atom is -0.491 e. The number of hydrogen-bond donors (Lipinski definition) is 1. The van der Waals surface area contributed by atoms with Gasteiger partial charge in [-0.25, -0.2) is 0 Å². The first-order valence-electron chi connectivity index (χ1n) is 5.92. The SMILES string of the molecule is NCCc1ccc(OCC2CCCO2)cc1. The van der Waals surface area contributed by atoms with Crippen molar-refractivity contribution in [2.24, 2.45) is 5.73 Å². The third kappa shape index (κ3) is 3.22. The smallest absolute Gasteiger partial charge is 0.119 e. The van der Waals surface area contributed by atoms with Crippen molar-refractivity contribution in [1.82, 2.24) is 0 Å². The van der Waals surface area contributed by atoms with Gasteiger partial charge in [0.1, 0.15) is 12.4 Å². The fourth-order valence-electron chi connectivity index (χ4n) is 1.88. The molecule has 1 aromatic carbocycles. The molecule has 3 nitrogen and oxygen atoms in total. The van der Waals surface area contributed by atoms with E-state index in [9.17, 15) is 0 Å². The van der Waals surface area contributed by atoms with Gasteiger partial charge in [0.2, 0.25) is 0 Å². The second kappa shape index (κ2) is 5.87. The van der Waals surface area contributed by atoms with Crippen molar-refractivity contribution in [3.8, 4) is 5.75 Å². The molecule has 1 aliphatic rings. The van der Waals surface area contributed by atoms with Gasteiger partial charge in [0.05, 0.1) is 6.10 Å². The van der Waals surface area contributed by atoms with Gasteiger partial charge in [-0.05, 0) is 43.5 Å². The Bertz CT molecular complexity index is 304. The van der Waals surface area contributed by atoms with Crippen LogP contribution in [0.2, 0.25) is 0 Å². The van der Waals surface area contributed by atoms with E-state index in [0.29, 0.717) is 13.2 Å². The van der Waals surface area contributed by atoms with Gasteiger partial charge in [-0.2, -0.15) is 0 Å². The molecule has 0 aromatic heterocycles. The molecular weight excluding hydrogens is 202 g/mol. The average molecular weight is 221 g/mol. The summed E-state index contributed by atoms with van der Waals surface area (Å²) >= 11 is 0. The molecule has 0 radical (unpaired) electrons. The normalized spacial score (nSPS) is 19.9. The summed E-state index contributed by atoms with van der Waals surface area (Å²) in [6.07, 6.45) is 3.48. The topological polar surface area (TPSA) is 44.5 Å². The Labute approximate surface area is 96.5 Å². The van der Waals surface area contributed by atoms with Crippen molar-refractivity contribution in [2.45, 2.75) is 25.4 Å². The van der Waals surface area contributed by atoms with Crippen LogP contribution in [0.4, 0.5) is 0 Å². The quantitative estimate of drug-likeness (QED) is 0.823. The summed E-state index contributed by atoms with van der Waals surface area (Å²) in [5.41, 5.74) is 6.75. The lowest BCUT2D eigenvalue weighted by Crippen LogP contribution is -2.16. The Morgan fingerprint density at radius 2 is 2.12 bits per heavy atom. The average Bonchev–Trinajstić information content (AvgIpc) is 2.82. The highest BCUT2D eigenvalue weighted by Crippen LogP contribution is 2.16. The molecule has 2 N–H and O–H groups in total. The molecular formula is C13H19NO2. The molecule has 0 spiro atoms. The van der Waals surface area contributed by atoms with E-state index in [1.165, 1.54) is 5.56 Å². The summed E-state index contributed by atoms with van der Waals surface area (Å²) in [7, 11) is 0. The van der Waals surface area contributed by atoms with E-state index >= 15 is 0 Å². The summed E-state index contributed by atoms with van der Waals surface area (Å²) in [4.78, 5) is 0. The molecule has 16 heavy (non-hydrogen) atoms. The number of nitrogens with two attached hydrogens (primary N) is 1. The molecule has 0 saturated carbocycles. The Morgan fingerprint density at radius 1 is 1.31 bits per heavy atom. The monoisotopic (exact) mass is 221 g/mol. The maximum Gasteiger partial charge on any atom is 0.119 e. The third-order valence-corrected chi connectivity index (χ3v) is 2.82. The molecule has 0 bridgehead atoms. The van der Waals surface area contributed by atoms with Crippen molar-refractivity contribution in [3.63, 3.8) is 0 Å². The van der Waals surface area contributed by atoms with E-state index in [0.717, 1.165) is 31.6 Å². The van der Waals surface area contributed by atoms with Gasteiger partial charge >= 0.3 is 0 Å². The molecule has 1 aliphatic heterocycles. The van der Waals surface area contributed by atoms with Crippen LogP contribution in [-0.4, -0.2) is 25.9 Å². The van der Waals surface area contributed by atoms with Gasteiger partial charge in [0.25, 0.3) is 0 Å². The van der Waals surface area contributed by atoms with Gasteiger partial charge < -0.3 is 15.2 Å². The van der Waals surface area contributed by atoms with E-state index in [-0.39, 0.29) is 6.10 Å². The van der Waals surface area contributed by atoms with Crippen LogP contribution >= 0.6 is 0 Å². The number of benzene rings is 1. The lowest BCUT2D eigenvalue weighted by Gasteiger charge is -2.11. The lowest BCUT2D eigenvalue weighted by atomic mass is 10.1. The van der Waals surface area contributed by atoms with Crippen molar-refractivity contribution >= 4 is 0 Å². The van der Waals surface area contributed by atoms with Crippen molar-refractivity contribution < 1.29 is 9.47 Å². The van der Waals surface area contributed by atoms with E-state index in [4.69, 9.17) is 15.2 Å². The summed E-state index contributed by atoms with van der Waals surface area (Å²) in [6.45, 7) is 2.23. The van der Waals surface area contributed by atoms with Gasteiger partial charge in [0, 0.05) is 6.61 Å². The molecule has 88 valence electrons. The van der Waals surface area contributed by atoms with Crippen LogP contribution in [0.5, 0.6) is 5.75 Å². The summed E-state index contributed by atoms with van der Waals surface area (Å²) < 4.78 is 11.2. The minimum absolute atomic E-state index is 0.281. The highest BCUT2D eigenvalue weighted by molar-refractivity contribution is 5.27. The molecule has 1 aromatic rings. The Kier molecular flexibility index (Phi) is 4.19. The fourth-order valence-corrected chi connectivity index (χ4v) is 1.88. The maximum atomic E-state index is 5.67. The molecule has 1 saturated heterocycles. The van der Waals surface area contributed by atoms with Crippen LogP contribution in [0.25, 0.3) is 0 Å². The zero-order chi connectivity index (χ0) is 11.2. The van der Waals surface area contributed by atoms with Gasteiger partial charge in [-0.3, -0.25) is 0 Å². The van der Waals surface area contributed by atoms with Crippen molar-refractivity contribution in [3.05, 3.63) is 29.8 Å². The second-order valence-corrected chi connectivity index (χ2v) is 4.13. The van der Waals surface area contributed by atoms with Crippen molar-refractivity contribution in [1.29, 1.82) is 0 Å². The highest BCUT2D eigenvalue weighted by Gasteiger charge is 2.15. The number of rotatable bonds is 5. The lowest BCUT2D eigenvalue weighted by molar-refractivity contribution is 0.0679. The molecule has 1 heterocycles. The highest BCUT2D eigenvalue weighted by atomic mass is 16.5. The van der Waals surface area contributed by atoms with Crippen LogP contribution in [0.1, 0.15) is 18.4 Å². The third-order valence-electron chi connectivity index (χ3n) is 2.82. The van der Waals surface area contributed by atoms with E-state index in [1.807, 2.05) is 12.1 Å². The van der Waals surface area contributed by atoms with Crippen LogP contribution in [0, 0.1) is 0 Å². The Morgan fingerprint density at radius 3 is 2.75 bits per heavy atom. The first-order valence-corrected chi connectivity index (χ1v) is 5.92. The molecule has 1 unspecified atom stereocenters. The van der Waals surface area contributed by atoms with Crippen LogP contribution < -0.4 is 10.5 Å². The predicted octanol–water partition coefficient (Wildman–Crippen LogP) is 1.75. The second-order valence-electron chi connectivity index (χ2n) is 4.13.